The highest BCUT2D eigenvalue weighted by molar-refractivity contribution is 6.09. The minimum atomic E-state index is 0.0771. The lowest BCUT2D eigenvalue weighted by Crippen LogP contribution is -2.20. The Bertz CT molecular complexity index is 1880. The Morgan fingerprint density at radius 1 is 0.833 bits per heavy atom. The third-order valence-electron chi connectivity index (χ3n) is 8.72. The first-order valence-corrected chi connectivity index (χ1v) is 14.8. The van der Waals surface area contributed by atoms with Crippen molar-refractivity contribution in [3.63, 3.8) is 0 Å². The van der Waals surface area contributed by atoms with Gasteiger partial charge in [0.2, 0.25) is 0 Å². The molecule has 5 aromatic rings. The van der Waals surface area contributed by atoms with E-state index in [4.69, 9.17) is 19.5 Å². The number of phenols is 1. The average Bonchev–Trinajstić information content (AvgIpc) is 3.56. The summed E-state index contributed by atoms with van der Waals surface area (Å²) in [7, 11) is 1.70. The van der Waals surface area contributed by atoms with E-state index in [1.54, 1.807) is 13.2 Å². The number of methoxy groups -OCH3 is 1. The van der Waals surface area contributed by atoms with Crippen molar-refractivity contribution in [2.24, 2.45) is 9.98 Å². The van der Waals surface area contributed by atoms with Crippen LogP contribution in [0.5, 0.6) is 17.2 Å². The lowest BCUT2D eigenvalue weighted by molar-refractivity contribution is 0.317. The van der Waals surface area contributed by atoms with E-state index in [0.717, 1.165) is 78.4 Å². The van der Waals surface area contributed by atoms with E-state index in [9.17, 15) is 5.11 Å². The molecule has 0 saturated heterocycles. The largest absolute Gasteiger partial charge is 0.504 e. The number of aromatic amines is 2. The van der Waals surface area contributed by atoms with Crippen molar-refractivity contribution in [3.05, 3.63) is 88.2 Å². The van der Waals surface area contributed by atoms with Crippen LogP contribution in [0.3, 0.4) is 0 Å². The lowest BCUT2D eigenvalue weighted by Gasteiger charge is -2.24. The number of aliphatic imine (C=N–C) groups is 2. The predicted octanol–water partition coefficient (Wildman–Crippen LogP) is 7.03. The molecule has 0 fully saturated rings. The maximum absolute atomic E-state index is 10.5. The summed E-state index contributed by atoms with van der Waals surface area (Å²) < 4.78 is 11.3. The normalized spacial score (nSPS) is 15.2. The molecule has 0 bridgehead atoms. The molecule has 0 spiro atoms. The summed E-state index contributed by atoms with van der Waals surface area (Å²) in [6.45, 7) is 6.10. The van der Waals surface area contributed by atoms with Gasteiger partial charge >= 0.3 is 0 Å². The highest BCUT2D eigenvalue weighted by atomic mass is 16.5. The maximum atomic E-state index is 10.5. The zero-order valence-electron chi connectivity index (χ0n) is 24.4. The van der Waals surface area contributed by atoms with E-state index in [-0.39, 0.29) is 11.7 Å². The second-order valence-corrected chi connectivity index (χ2v) is 11.3. The fraction of sp³-hybridized carbons (Fsp3) is 0.314. The topological polar surface area (TPSA) is 95.0 Å². The Labute approximate surface area is 245 Å². The molecule has 0 radical (unpaired) electrons. The number of aryl methyl sites for hydroxylation is 1. The van der Waals surface area contributed by atoms with Crippen molar-refractivity contribution in [3.8, 4) is 17.2 Å². The summed E-state index contributed by atoms with van der Waals surface area (Å²) in [5.74, 6) is 1.58. The van der Waals surface area contributed by atoms with Gasteiger partial charge in [-0.15, -0.1) is 0 Å². The van der Waals surface area contributed by atoms with Crippen molar-refractivity contribution in [1.82, 2.24) is 9.97 Å². The zero-order chi connectivity index (χ0) is 28.8. The van der Waals surface area contributed by atoms with E-state index in [0.29, 0.717) is 12.4 Å². The number of aromatic hydroxyl groups is 1. The van der Waals surface area contributed by atoms with E-state index < -0.39 is 0 Å². The highest BCUT2D eigenvalue weighted by Gasteiger charge is 2.28. The molecule has 4 heterocycles. The molecule has 1 atom stereocenters. The molecule has 7 heteroatoms. The number of benzene rings is 3. The van der Waals surface area contributed by atoms with Gasteiger partial charge < -0.3 is 24.5 Å². The molecule has 214 valence electrons. The number of nitrogens with zero attached hydrogens (tertiary/aromatic N) is 2. The fourth-order valence-electron chi connectivity index (χ4n) is 6.67. The first-order valence-electron chi connectivity index (χ1n) is 14.8. The summed E-state index contributed by atoms with van der Waals surface area (Å²) in [5.41, 5.74) is 11.7. The van der Waals surface area contributed by atoms with E-state index in [1.165, 1.54) is 33.0 Å². The molecule has 2 aromatic heterocycles. The van der Waals surface area contributed by atoms with Crippen LogP contribution in [0.4, 0.5) is 0 Å². The number of ether oxygens (including phenoxy) is 2. The number of phenolic OH excluding ortho intramolecular Hbond substituents is 1. The van der Waals surface area contributed by atoms with Crippen LogP contribution in [0, 0.1) is 6.92 Å². The van der Waals surface area contributed by atoms with Crippen LogP contribution in [0.2, 0.25) is 0 Å². The van der Waals surface area contributed by atoms with Crippen LogP contribution in [0.15, 0.2) is 64.6 Å². The van der Waals surface area contributed by atoms with Crippen molar-refractivity contribution >= 4 is 33.2 Å². The van der Waals surface area contributed by atoms with Gasteiger partial charge in [-0.05, 0) is 98.0 Å². The SMILES string of the molecule is CCOc1cc(C(CC2=NCCc3c2[nH]c2cc(C)ccc32)CC2=NCCc3c2[nH]c2cc(OC)ccc32)ccc1O. The van der Waals surface area contributed by atoms with Crippen LogP contribution < -0.4 is 9.47 Å². The van der Waals surface area contributed by atoms with Crippen LogP contribution >= 0.6 is 0 Å². The maximum Gasteiger partial charge on any atom is 0.161 e. The van der Waals surface area contributed by atoms with E-state index >= 15 is 0 Å². The molecule has 2 aliphatic heterocycles. The monoisotopic (exact) mass is 560 g/mol. The van der Waals surface area contributed by atoms with Gasteiger partial charge in [0.15, 0.2) is 11.5 Å². The quantitative estimate of drug-likeness (QED) is 0.190. The Kier molecular flexibility index (Phi) is 6.73. The van der Waals surface area contributed by atoms with Crippen LogP contribution in [0.25, 0.3) is 21.8 Å². The van der Waals surface area contributed by atoms with Crippen molar-refractivity contribution in [2.75, 3.05) is 26.8 Å². The van der Waals surface area contributed by atoms with Crippen LogP contribution in [-0.4, -0.2) is 53.3 Å². The van der Waals surface area contributed by atoms with Crippen LogP contribution in [-0.2, 0) is 12.8 Å². The number of fused-ring (bicyclic) bond motifs is 6. The summed E-state index contributed by atoms with van der Waals surface area (Å²) >= 11 is 0. The molecule has 0 aliphatic carbocycles. The van der Waals surface area contributed by atoms with E-state index in [2.05, 4.69) is 47.2 Å². The molecule has 3 N–H and O–H groups in total. The number of H-pyrrole nitrogens is 2. The second kappa shape index (κ2) is 10.7. The highest BCUT2D eigenvalue weighted by Crippen LogP contribution is 2.38. The fourth-order valence-corrected chi connectivity index (χ4v) is 6.67. The standard InChI is InChI=1S/C35H36N4O3/c1-4-42-33-18-21(6-10-32(33)40)22(16-30-34-26(11-13-36-30)24-8-5-20(2)15-28(24)38-34)17-31-35-27(12-14-37-31)25-9-7-23(41-3)19-29(25)39-35/h5-10,15,18-19,22,38-40H,4,11-14,16-17H2,1-3H3. The van der Waals surface area contributed by atoms with Gasteiger partial charge in [-0.2, -0.15) is 0 Å². The first kappa shape index (κ1) is 26.4. The molecule has 1 unspecified atom stereocenters. The van der Waals surface area contributed by atoms with Gasteiger partial charge in [-0.25, -0.2) is 0 Å². The summed E-state index contributed by atoms with van der Waals surface area (Å²) in [6.07, 6.45) is 3.33. The molecule has 0 amide bonds. The number of aromatic nitrogens is 2. The number of nitrogens with one attached hydrogen (secondary N) is 2. The molecular weight excluding hydrogens is 524 g/mol. The Morgan fingerprint density at radius 2 is 1.48 bits per heavy atom. The summed E-state index contributed by atoms with van der Waals surface area (Å²) in [5, 5.41) is 13.0. The van der Waals surface area contributed by atoms with Gasteiger partial charge in [-0.3, -0.25) is 9.98 Å². The molecule has 3 aromatic carbocycles. The zero-order valence-corrected chi connectivity index (χ0v) is 24.4. The van der Waals surface area contributed by atoms with Gasteiger partial charge in [0.1, 0.15) is 5.75 Å². The summed E-state index contributed by atoms with van der Waals surface area (Å²) in [4.78, 5) is 17.5. The number of hydrogen-bond acceptors (Lipinski definition) is 5. The molecule has 7 nitrogen and oxygen atoms in total. The lowest BCUT2D eigenvalue weighted by atomic mass is 9.84. The van der Waals surface area contributed by atoms with Crippen LogP contribution in [0.1, 0.15) is 59.3 Å². The first-order chi connectivity index (χ1) is 20.5. The van der Waals surface area contributed by atoms with Crippen molar-refractivity contribution in [2.45, 2.75) is 45.4 Å². The smallest absolute Gasteiger partial charge is 0.161 e. The second-order valence-electron chi connectivity index (χ2n) is 11.3. The molecule has 7 rings (SSSR count). The Morgan fingerprint density at radius 3 is 2.12 bits per heavy atom. The van der Waals surface area contributed by atoms with E-state index in [1.807, 2.05) is 25.1 Å². The average molecular weight is 561 g/mol. The van der Waals surface area contributed by atoms with Gasteiger partial charge in [0, 0.05) is 41.0 Å². The van der Waals surface area contributed by atoms with Gasteiger partial charge in [0.25, 0.3) is 0 Å². The predicted molar refractivity (Wildman–Crippen MR) is 169 cm³/mol. The number of hydrogen-bond donors (Lipinski definition) is 3. The Hall–Kier alpha value is -4.52. The van der Waals surface area contributed by atoms with Crippen molar-refractivity contribution < 1.29 is 14.6 Å². The number of rotatable bonds is 8. The molecular formula is C35H36N4O3. The third-order valence-corrected chi connectivity index (χ3v) is 8.72. The van der Waals surface area contributed by atoms with Gasteiger partial charge in [0.05, 0.1) is 36.5 Å². The molecule has 0 saturated carbocycles. The van der Waals surface area contributed by atoms with Crippen molar-refractivity contribution in [1.29, 1.82) is 0 Å². The third kappa shape index (κ3) is 4.63. The molecule has 2 aliphatic rings. The minimum absolute atomic E-state index is 0.0771. The van der Waals surface area contributed by atoms with Gasteiger partial charge in [-0.1, -0.05) is 18.2 Å². The molecule has 42 heavy (non-hydrogen) atoms. The minimum Gasteiger partial charge on any atom is -0.504 e. The summed E-state index contributed by atoms with van der Waals surface area (Å²) in [6, 6.07) is 18.6. The Balaban J connectivity index is 1.28.